The predicted octanol–water partition coefficient (Wildman–Crippen LogP) is 3.55. The summed E-state index contributed by atoms with van der Waals surface area (Å²) in [6.07, 6.45) is 4.17. The number of nitrogens with zero attached hydrogens (tertiary/aromatic N) is 5. The maximum atomic E-state index is 13.3. The van der Waals surface area contributed by atoms with Crippen molar-refractivity contribution in [3.63, 3.8) is 0 Å². The molecule has 150 valence electrons. The monoisotopic (exact) mass is 411 g/mol. The first-order valence-electron chi connectivity index (χ1n) is 9.70. The van der Waals surface area contributed by atoms with Crippen molar-refractivity contribution in [1.29, 1.82) is 0 Å². The van der Waals surface area contributed by atoms with Crippen molar-refractivity contribution in [2.75, 3.05) is 13.1 Å². The van der Waals surface area contributed by atoms with Crippen LogP contribution < -0.4 is 0 Å². The van der Waals surface area contributed by atoms with Gasteiger partial charge in [0.1, 0.15) is 11.8 Å². The van der Waals surface area contributed by atoms with Gasteiger partial charge in [-0.1, -0.05) is 6.07 Å². The number of aromatic nitrogens is 2. The summed E-state index contributed by atoms with van der Waals surface area (Å²) in [5, 5.41) is 16.4. The van der Waals surface area contributed by atoms with E-state index in [0.29, 0.717) is 18.2 Å². The van der Waals surface area contributed by atoms with Crippen LogP contribution in [-0.2, 0) is 4.79 Å². The smallest absolute Gasteiger partial charge is 0.257 e. The number of carbonyl (C=O) groups is 1. The molecule has 1 amide bonds. The number of carbonyl (C=O) groups excluding carboxylic acids is 1. The highest BCUT2D eigenvalue weighted by Crippen LogP contribution is 2.35. The third kappa shape index (κ3) is 3.51. The Labute approximate surface area is 171 Å². The molecule has 2 aliphatic rings. The highest BCUT2D eigenvalue weighted by molar-refractivity contribution is 7.12. The summed E-state index contributed by atoms with van der Waals surface area (Å²) in [6, 6.07) is 7.53. The number of hydrogen-bond donors (Lipinski definition) is 0. The zero-order valence-electron chi connectivity index (χ0n) is 16.0. The molecule has 8 nitrogen and oxygen atoms in total. The van der Waals surface area contributed by atoms with Gasteiger partial charge >= 0.3 is 0 Å². The molecule has 5 rings (SSSR count). The third-order valence-corrected chi connectivity index (χ3v) is 6.29. The summed E-state index contributed by atoms with van der Waals surface area (Å²) in [5.41, 5.74) is 0.917. The van der Waals surface area contributed by atoms with Gasteiger partial charge in [0.15, 0.2) is 0 Å². The van der Waals surface area contributed by atoms with Crippen LogP contribution in [0.4, 0.5) is 0 Å². The van der Waals surface area contributed by atoms with Crippen LogP contribution in [0, 0.1) is 6.92 Å². The minimum atomic E-state index is -0.221. The SMILES string of the molecule is Cc1nnc([C@@H]2CCCN2CC(=O)N2N=C(c3cccs3)C[C@H]2c2ccco2)o1. The molecule has 2 atom stereocenters. The quantitative estimate of drug-likeness (QED) is 0.638. The lowest BCUT2D eigenvalue weighted by Crippen LogP contribution is -2.38. The summed E-state index contributed by atoms with van der Waals surface area (Å²) in [6.45, 7) is 2.85. The molecule has 9 heteroatoms. The van der Waals surface area contributed by atoms with Crippen LogP contribution in [0.5, 0.6) is 0 Å². The first-order valence-corrected chi connectivity index (χ1v) is 10.6. The number of amides is 1. The molecule has 0 aromatic carbocycles. The lowest BCUT2D eigenvalue weighted by molar-refractivity contribution is -0.134. The second-order valence-corrected chi connectivity index (χ2v) is 8.23. The summed E-state index contributed by atoms with van der Waals surface area (Å²) in [5.74, 6) is 1.82. The summed E-state index contributed by atoms with van der Waals surface area (Å²) >= 11 is 1.63. The van der Waals surface area contributed by atoms with Gasteiger partial charge in [0, 0.05) is 13.3 Å². The van der Waals surface area contributed by atoms with Crippen molar-refractivity contribution in [3.05, 3.63) is 58.3 Å². The van der Waals surface area contributed by atoms with E-state index in [0.717, 1.165) is 35.7 Å². The summed E-state index contributed by atoms with van der Waals surface area (Å²) < 4.78 is 11.2. The van der Waals surface area contributed by atoms with Crippen LogP contribution in [0.25, 0.3) is 0 Å². The lowest BCUT2D eigenvalue weighted by atomic mass is 10.1. The maximum Gasteiger partial charge on any atom is 0.257 e. The van der Waals surface area contributed by atoms with Crippen LogP contribution in [0.1, 0.15) is 53.8 Å². The molecule has 0 saturated carbocycles. The average molecular weight is 411 g/mol. The molecule has 0 unspecified atom stereocenters. The zero-order valence-corrected chi connectivity index (χ0v) is 16.8. The minimum Gasteiger partial charge on any atom is -0.467 e. The fourth-order valence-electron chi connectivity index (χ4n) is 4.02. The maximum absolute atomic E-state index is 13.3. The highest BCUT2D eigenvalue weighted by Gasteiger charge is 2.38. The van der Waals surface area contributed by atoms with Crippen molar-refractivity contribution in [1.82, 2.24) is 20.1 Å². The molecule has 2 aliphatic heterocycles. The van der Waals surface area contributed by atoms with E-state index in [-0.39, 0.29) is 24.5 Å². The average Bonchev–Trinajstić information content (AvgIpc) is 3.51. The van der Waals surface area contributed by atoms with Crippen LogP contribution in [0.2, 0.25) is 0 Å². The number of hydrogen-bond acceptors (Lipinski definition) is 8. The third-order valence-electron chi connectivity index (χ3n) is 5.37. The van der Waals surface area contributed by atoms with Gasteiger partial charge in [-0.25, -0.2) is 5.01 Å². The van der Waals surface area contributed by atoms with Crippen LogP contribution in [0.15, 0.2) is 49.8 Å². The van der Waals surface area contributed by atoms with Gasteiger partial charge in [-0.15, -0.1) is 21.5 Å². The van der Waals surface area contributed by atoms with Crippen molar-refractivity contribution in [2.24, 2.45) is 5.10 Å². The van der Waals surface area contributed by atoms with E-state index in [2.05, 4.69) is 20.2 Å². The van der Waals surface area contributed by atoms with Gasteiger partial charge in [0.2, 0.25) is 11.8 Å². The molecule has 5 heterocycles. The van der Waals surface area contributed by atoms with Crippen LogP contribution in [0.3, 0.4) is 0 Å². The molecule has 0 spiro atoms. The Morgan fingerprint density at radius 1 is 1.28 bits per heavy atom. The number of furan rings is 1. The second kappa shape index (κ2) is 7.57. The van der Waals surface area contributed by atoms with E-state index in [9.17, 15) is 4.79 Å². The molecular weight excluding hydrogens is 390 g/mol. The van der Waals surface area contributed by atoms with Crippen LogP contribution >= 0.6 is 11.3 Å². The summed E-state index contributed by atoms with van der Waals surface area (Å²) in [7, 11) is 0. The number of aryl methyl sites for hydroxylation is 1. The molecule has 29 heavy (non-hydrogen) atoms. The van der Waals surface area contributed by atoms with E-state index >= 15 is 0 Å². The predicted molar refractivity (Wildman–Crippen MR) is 106 cm³/mol. The first-order chi connectivity index (χ1) is 14.2. The number of thiophene rings is 1. The molecule has 1 saturated heterocycles. The van der Waals surface area contributed by atoms with Gasteiger partial charge in [0.05, 0.1) is 29.4 Å². The van der Waals surface area contributed by atoms with Gasteiger partial charge < -0.3 is 8.83 Å². The van der Waals surface area contributed by atoms with Crippen molar-refractivity contribution >= 4 is 23.0 Å². The Morgan fingerprint density at radius 2 is 2.21 bits per heavy atom. The van der Waals surface area contributed by atoms with E-state index in [1.165, 1.54) is 0 Å². The second-order valence-electron chi connectivity index (χ2n) is 7.29. The Bertz CT molecular complexity index is 1010. The van der Waals surface area contributed by atoms with Gasteiger partial charge in [-0.05, 0) is 43.0 Å². The largest absolute Gasteiger partial charge is 0.467 e. The molecule has 0 radical (unpaired) electrons. The van der Waals surface area contributed by atoms with Crippen molar-refractivity contribution < 1.29 is 13.6 Å². The van der Waals surface area contributed by atoms with E-state index < -0.39 is 0 Å². The molecule has 1 fully saturated rings. The van der Waals surface area contributed by atoms with Crippen LogP contribution in [-0.4, -0.2) is 44.8 Å². The van der Waals surface area contributed by atoms with Gasteiger partial charge in [-0.3, -0.25) is 9.69 Å². The molecule has 0 bridgehead atoms. The number of likely N-dealkylation sites (tertiary alicyclic amines) is 1. The fourth-order valence-corrected chi connectivity index (χ4v) is 4.74. The standard InChI is InChI=1S/C20H21N5O3S/c1-13-21-22-20(28-13)15-5-2-8-24(15)12-19(26)25-16(17-6-3-9-27-17)11-14(23-25)18-7-4-10-29-18/h3-4,6-7,9-10,15-16H,2,5,8,11-12H2,1H3/t15-,16-/m0/s1. The lowest BCUT2D eigenvalue weighted by Gasteiger charge is -2.25. The van der Waals surface area contributed by atoms with Gasteiger partial charge in [0.25, 0.3) is 5.91 Å². The van der Waals surface area contributed by atoms with E-state index in [1.54, 1.807) is 29.5 Å². The Morgan fingerprint density at radius 3 is 2.93 bits per heavy atom. The number of hydrazone groups is 1. The van der Waals surface area contributed by atoms with Gasteiger partial charge in [-0.2, -0.15) is 5.10 Å². The first kappa shape index (κ1) is 18.3. The van der Waals surface area contributed by atoms with Crippen molar-refractivity contribution in [2.45, 2.75) is 38.3 Å². The minimum absolute atomic E-state index is 0.0226. The summed E-state index contributed by atoms with van der Waals surface area (Å²) in [4.78, 5) is 16.5. The topological polar surface area (TPSA) is 88.0 Å². The Kier molecular flexibility index (Phi) is 4.76. The molecule has 0 N–H and O–H groups in total. The Hall–Kier alpha value is -2.78. The van der Waals surface area contributed by atoms with E-state index in [1.807, 2.05) is 29.6 Å². The molecule has 0 aliphatic carbocycles. The Balaban J connectivity index is 1.37. The fraction of sp³-hybridized carbons (Fsp3) is 0.400. The van der Waals surface area contributed by atoms with E-state index in [4.69, 9.17) is 8.83 Å². The number of rotatable bonds is 5. The molecule has 3 aromatic heterocycles. The normalized spacial score (nSPS) is 22.4. The molecular formula is C20H21N5O3S. The molecule has 3 aromatic rings. The zero-order chi connectivity index (χ0) is 19.8. The highest BCUT2D eigenvalue weighted by atomic mass is 32.1. The van der Waals surface area contributed by atoms with Crippen molar-refractivity contribution in [3.8, 4) is 0 Å².